The summed E-state index contributed by atoms with van der Waals surface area (Å²) >= 11 is 1.59. The second-order valence-electron chi connectivity index (χ2n) is 10.4. The molecule has 0 aliphatic heterocycles. The molecule has 0 fully saturated rings. The number of methoxy groups -OCH3 is 1. The van der Waals surface area contributed by atoms with Gasteiger partial charge in [0.05, 0.1) is 22.8 Å². The Morgan fingerprint density at radius 3 is 2.49 bits per heavy atom. The standard InChI is InChI=1S/C32H36N8O2S/c1-22(23-9-6-5-7-10-23)20-33-30-36-31(35-25-13-16-27-28(19-25)43-21-34-27)38-32(37-30)40(3)18-8-17-39(2)29(41)24-11-14-26(42-4)15-12-24/h5-7,9-16,19,21-22H,8,17-18,20H2,1-4H3,(H2,33,35,36,37,38). The molecule has 0 aliphatic rings. The molecule has 2 N–H and O–H groups in total. The van der Waals surface area contributed by atoms with E-state index in [4.69, 9.17) is 14.7 Å². The zero-order valence-electron chi connectivity index (χ0n) is 24.8. The fourth-order valence-corrected chi connectivity index (χ4v) is 5.29. The zero-order chi connectivity index (χ0) is 30.2. The lowest BCUT2D eigenvalue weighted by Crippen LogP contribution is -2.31. The number of carbonyl (C=O) groups excluding carboxylic acids is 1. The second-order valence-corrected chi connectivity index (χ2v) is 11.3. The number of aromatic nitrogens is 4. The van der Waals surface area contributed by atoms with Gasteiger partial charge < -0.3 is 25.2 Å². The first-order valence-corrected chi connectivity index (χ1v) is 15.0. The molecule has 222 valence electrons. The van der Waals surface area contributed by atoms with Crippen molar-refractivity contribution in [2.75, 3.05) is 56.4 Å². The molecule has 0 bridgehead atoms. The number of carbonyl (C=O) groups is 1. The van der Waals surface area contributed by atoms with Crippen LogP contribution >= 0.6 is 11.3 Å². The minimum absolute atomic E-state index is 0.0334. The quantitative estimate of drug-likeness (QED) is 0.168. The number of hydrogen-bond acceptors (Lipinski definition) is 10. The Balaban J connectivity index is 1.27. The highest BCUT2D eigenvalue weighted by Crippen LogP contribution is 2.25. The van der Waals surface area contributed by atoms with E-state index in [9.17, 15) is 4.79 Å². The number of nitrogens with one attached hydrogen (secondary N) is 2. The molecular weight excluding hydrogens is 560 g/mol. The van der Waals surface area contributed by atoms with Crippen molar-refractivity contribution in [1.82, 2.24) is 24.8 Å². The highest BCUT2D eigenvalue weighted by molar-refractivity contribution is 7.16. The van der Waals surface area contributed by atoms with Gasteiger partial charge in [0.15, 0.2) is 0 Å². The van der Waals surface area contributed by atoms with Crippen LogP contribution in [0.4, 0.5) is 23.5 Å². The van der Waals surface area contributed by atoms with Gasteiger partial charge in [-0.2, -0.15) is 15.0 Å². The van der Waals surface area contributed by atoms with Crippen molar-refractivity contribution >= 4 is 51.0 Å². The van der Waals surface area contributed by atoms with Gasteiger partial charge in [-0.15, -0.1) is 11.3 Å². The van der Waals surface area contributed by atoms with Crippen molar-refractivity contribution in [1.29, 1.82) is 0 Å². The third kappa shape index (κ3) is 7.75. The molecule has 1 atom stereocenters. The van der Waals surface area contributed by atoms with E-state index in [1.54, 1.807) is 47.6 Å². The summed E-state index contributed by atoms with van der Waals surface area (Å²) in [6.45, 7) is 4.07. The molecule has 10 nitrogen and oxygen atoms in total. The summed E-state index contributed by atoms with van der Waals surface area (Å²) in [4.78, 5) is 35.1. The summed E-state index contributed by atoms with van der Waals surface area (Å²) in [5, 5.41) is 6.75. The first-order valence-electron chi connectivity index (χ1n) is 14.2. The van der Waals surface area contributed by atoms with Crippen LogP contribution in [0.5, 0.6) is 5.75 Å². The van der Waals surface area contributed by atoms with Crippen LogP contribution in [0.25, 0.3) is 10.2 Å². The van der Waals surface area contributed by atoms with E-state index in [1.807, 2.05) is 60.9 Å². The molecule has 0 saturated carbocycles. The van der Waals surface area contributed by atoms with Crippen molar-refractivity contribution in [3.63, 3.8) is 0 Å². The average molecular weight is 597 g/mol. The van der Waals surface area contributed by atoms with Crippen LogP contribution in [0.15, 0.2) is 78.3 Å². The zero-order valence-corrected chi connectivity index (χ0v) is 25.6. The number of hydrogen-bond donors (Lipinski definition) is 2. The molecule has 1 unspecified atom stereocenters. The number of nitrogens with zero attached hydrogens (tertiary/aromatic N) is 6. The van der Waals surface area contributed by atoms with Crippen molar-refractivity contribution < 1.29 is 9.53 Å². The van der Waals surface area contributed by atoms with Gasteiger partial charge in [-0.3, -0.25) is 4.79 Å². The summed E-state index contributed by atoms with van der Waals surface area (Å²) in [6.07, 6.45) is 0.735. The normalized spacial score (nSPS) is 11.6. The minimum atomic E-state index is -0.0334. The molecule has 0 saturated heterocycles. The fraction of sp³-hybridized carbons (Fsp3) is 0.281. The number of anilines is 4. The highest BCUT2D eigenvalue weighted by Gasteiger charge is 2.15. The van der Waals surface area contributed by atoms with Gasteiger partial charge in [0.2, 0.25) is 17.8 Å². The molecule has 5 rings (SSSR count). The molecule has 3 aromatic carbocycles. The van der Waals surface area contributed by atoms with Gasteiger partial charge in [-0.05, 0) is 60.4 Å². The predicted molar refractivity (Wildman–Crippen MR) is 174 cm³/mol. The number of thiazole rings is 1. The molecule has 0 aliphatic carbocycles. The molecule has 0 radical (unpaired) electrons. The van der Waals surface area contributed by atoms with Crippen LogP contribution in [0.3, 0.4) is 0 Å². The van der Waals surface area contributed by atoms with Gasteiger partial charge in [-0.1, -0.05) is 37.3 Å². The highest BCUT2D eigenvalue weighted by atomic mass is 32.1. The fourth-order valence-electron chi connectivity index (χ4n) is 4.58. The lowest BCUT2D eigenvalue weighted by molar-refractivity contribution is 0.0794. The van der Waals surface area contributed by atoms with Crippen molar-refractivity contribution in [2.24, 2.45) is 0 Å². The topological polar surface area (TPSA) is 108 Å². The first kappa shape index (κ1) is 29.7. The maximum atomic E-state index is 12.9. The van der Waals surface area contributed by atoms with E-state index in [2.05, 4.69) is 39.7 Å². The lowest BCUT2D eigenvalue weighted by atomic mass is 10.0. The first-order chi connectivity index (χ1) is 20.9. The molecule has 5 aromatic rings. The number of benzene rings is 3. The monoisotopic (exact) mass is 596 g/mol. The molecular formula is C32H36N8O2S. The van der Waals surface area contributed by atoms with E-state index in [0.29, 0.717) is 43.0 Å². The Labute approximate surface area is 255 Å². The summed E-state index contributed by atoms with van der Waals surface area (Å²) in [5.74, 6) is 2.43. The Morgan fingerprint density at radius 2 is 1.72 bits per heavy atom. The maximum absolute atomic E-state index is 12.9. The number of fused-ring (bicyclic) bond motifs is 1. The SMILES string of the molecule is COc1ccc(C(=O)N(C)CCCN(C)c2nc(NCC(C)c3ccccc3)nc(Nc3ccc4ncsc4c3)n2)cc1. The van der Waals surface area contributed by atoms with E-state index in [-0.39, 0.29) is 11.8 Å². The summed E-state index contributed by atoms with van der Waals surface area (Å²) in [6, 6.07) is 23.5. The van der Waals surface area contributed by atoms with E-state index >= 15 is 0 Å². The Hall–Kier alpha value is -4.77. The third-order valence-corrected chi connectivity index (χ3v) is 7.95. The molecule has 1 amide bonds. The van der Waals surface area contributed by atoms with Crippen LogP contribution < -0.4 is 20.3 Å². The minimum Gasteiger partial charge on any atom is -0.497 e. The van der Waals surface area contributed by atoms with Crippen molar-refractivity contribution in [3.05, 3.63) is 89.4 Å². The molecule has 0 spiro atoms. The van der Waals surface area contributed by atoms with Gasteiger partial charge in [0.1, 0.15) is 5.75 Å². The third-order valence-electron chi connectivity index (χ3n) is 7.16. The summed E-state index contributed by atoms with van der Waals surface area (Å²) in [7, 11) is 5.37. The van der Waals surface area contributed by atoms with Gasteiger partial charge >= 0.3 is 0 Å². The predicted octanol–water partition coefficient (Wildman–Crippen LogP) is 6.05. The smallest absolute Gasteiger partial charge is 0.253 e. The van der Waals surface area contributed by atoms with Crippen LogP contribution in [0.1, 0.15) is 35.2 Å². The number of rotatable bonds is 13. The Morgan fingerprint density at radius 1 is 0.953 bits per heavy atom. The van der Waals surface area contributed by atoms with E-state index in [1.165, 1.54) is 5.56 Å². The Kier molecular flexibility index (Phi) is 9.63. The lowest BCUT2D eigenvalue weighted by Gasteiger charge is -2.22. The number of ether oxygens (including phenoxy) is 1. The maximum Gasteiger partial charge on any atom is 0.253 e. The van der Waals surface area contributed by atoms with Crippen LogP contribution in [0.2, 0.25) is 0 Å². The van der Waals surface area contributed by atoms with E-state index < -0.39 is 0 Å². The van der Waals surface area contributed by atoms with Gasteiger partial charge in [0.25, 0.3) is 5.91 Å². The molecule has 43 heavy (non-hydrogen) atoms. The van der Waals surface area contributed by atoms with Crippen LogP contribution in [-0.2, 0) is 0 Å². The Bertz CT molecular complexity index is 1640. The van der Waals surface area contributed by atoms with Gasteiger partial charge in [0, 0.05) is 45.0 Å². The summed E-state index contributed by atoms with van der Waals surface area (Å²) < 4.78 is 6.28. The van der Waals surface area contributed by atoms with Crippen molar-refractivity contribution in [3.8, 4) is 5.75 Å². The average Bonchev–Trinajstić information content (AvgIpc) is 3.51. The van der Waals surface area contributed by atoms with Crippen molar-refractivity contribution in [2.45, 2.75) is 19.3 Å². The molecule has 2 aromatic heterocycles. The number of amides is 1. The van der Waals surface area contributed by atoms with Crippen LogP contribution in [-0.4, -0.2) is 71.6 Å². The largest absolute Gasteiger partial charge is 0.497 e. The molecule has 2 heterocycles. The van der Waals surface area contributed by atoms with Crippen LogP contribution in [0, 0.1) is 0 Å². The summed E-state index contributed by atoms with van der Waals surface area (Å²) in [5.41, 5.74) is 5.54. The van der Waals surface area contributed by atoms with Gasteiger partial charge in [-0.25, -0.2) is 4.98 Å². The van der Waals surface area contributed by atoms with E-state index in [0.717, 1.165) is 28.1 Å². The second kappa shape index (κ2) is 13.9. The molecule has 11 heteroatoms.